The summed E-state index contributed by atoms with van der Waals surface area (Å²) in [5.74, 6) is -1.67. The highest BCUT2D eigenvalue weighted by Gasteiger charge is 2.21. The number of hydrogen-bond acceptors (Lipinski definition) is 3. The van der Waals surface area contributed by atoms with Gasteiger partial charge in [-0.25, -0.2) is 18.7 Å². The first-order valence-corrected chi connectivity index (χ1v) is 5.66. The van der Waals surface area contributed by atoms with Crippen LogP contribution in [0.25, 0.3) is 0 Å². The summed E-state index contributed by atoms with van der Waals surface area (Å²) >= 11 is 0. The van der Waals surface area contributed by atoms with Crippen molar-refractivity contribution in [1.82, 2.24) is 4.74 Å². The van der Waals surface area contributed by atoms with Crippen molar-refractivity contribution in [1.29, 1.82) is 0 Å². The lowest BCUT2D eigenvalue weighted by molar-refractivity contribution is 0.0693. The van der Waals surface area contributed by atoms with Crippen molar-refractivity contribution in [2.45, 2.75) is 12.8 Å². The molecular formula is C13H12FNO4. The Morgan fingerprint density at radius 2 is 2.16 bits per heavy atom. The summed E-state index contributed by atoms with van der Waals surface area (Å²) < 4.78 is 18.9. The zero-order valence-electron chi connectivity index (χ0n) is 10.2. The molecule has 0 saturated carbocycles. The van der Waals surface area contributed by atoms with Crippen LogP contribution in [0.4, 0.5) is 4.39 Å². The van der Waals surface area contributed by atoms with E-state index in [1.54, 1.807) is 12.1 Å². The van der Waals surface area contributed by atoms with Crippen LogP contribution in [0, 0.1) is 5.82 Å². The summed E-state index contributed by atoms with van der Waals surface area (Å²) in [4.78, 5) is 22.3. The van der Waals surface area contributed by atoms with Crippen molar-refractivity contribution >= 4 is 5.97 Å². The number of carbonyl (C=O) groups is 1. The summed E-state index contributed by atoms with van der Waals surface area (Å²) in [6, 6.07) is 6.03. The first kappa shape index (κ1) is 13.1. The predicted molar refractivity (Wildman–Crippen MR) is 64.7 cm³/mol. The zero-order chi connectivity index (χ0) is 14.0. The predicted octanol–water partition coefficient (Wildman–Crippen LogP) is 1.60. The maximum absolute atomic E-state index is 13.0. The number of rotatable bonds is 4. The normalized spacial score (nSPS) is 10.6. The molecule has 0 aliphatic rings. The van der Waals surface area contributed by atoms with Crippen LogP contribution in [-0.4, -0.2) is 15.8 Å². The molecule has 0 unspecified atom stereocenters. The van der Waals surface area contributed by atoms with E-state index in [9.17, 15) is 14.0 Å². The van der Waals surface area contributed by atoms with Crippen LogP contribution in [0.1, 0.15) is 21.6 Å². The number of benzene rings is 1. The number of aromatic carboxylic acids is 1. The lowest BCUT2D eigenvalue weighted by Crippen LogP contribution is -2.12. The van der Waals surface area contributed by atoms with Crippen molar-refractivity contribution in [3.05, 3.63) is 57.3 Å². The molecule has 5 nitrogen and oxygen atoms in total. The summed E-state index contributed by atoms with van der Waals surface area (Å²) in [5.41, 5.74) is -0.213. The maximum Gasteiger partial charge on any atom is 0.372 e. The van der Waals surface area contributed by atoms with Gasteiger partial charge in [-0.15, -0.1) is 0 Å². The second kappa shape index (κ2) is 5.09. The van der Waals surface area contributed by atoms with Gasteiger partial charge in [0.05, 0.1) is 5.69 Å². The molecule has 0 saturated heterocycles. The summed E-state index contributed by atoms with van der Waals surface area (Å²) in [7, 11) is 1.47. The van der Waals surface area contributed by atoms with Gasteiger partial charge in [0, 0.05) is 7.05 Å². The van der Waals surface area contributed by atoms with Crippen molar-refractivity contribution in [3.63, 3.8) is 0 Å². The SMILES string of the molecule is Cn1oc(=O)c(C(=O)O)c1CCc1cccc(F)c1. The Morgan fingerprint density at radius 3 is 2.79 bits per heavy atom. The molecule has 1 aromatic heterocycles. The van der Waals surface area contributed by atoms with E-state index >= 15 is 0 Å². The Morgan fingerprint density at radius 1 is 1.42 bits per heavy atom. The molecule has 0 bridgehead atoms. The monoisotopic (exact) mass is 265 g/mol. The largest absolute Gasteiger partial charge is 0.477 e. The highest BCUT2D eigenvalue weighted by Crippen LogP contribution is 2.11. The van der Waals surface area contributed by atoms with Crippen LogP contribution in [0.2, 0.25) is 0 Å². The summed E-state index contributed by atoms with van der Waals surface area (Å²) in [6.07, 6.45) is 0.707. The van der Waals surface area contributed by atoms with E-state index in [1.807, 2.05) is 0 Å². The van der Waals surface area contributed by atoms with Crippen LogP contribution >= 0.6 is 0 Å². The van der Waals surface area contributed by atoms with Crippen LogP contribution in [-0.2, 0) is 19.9 Å². The third-order valence-corrected chi connectivity index (χ3v) is 2.85. The first-order chi connectivity index (χ1) is 8.99. The number of hydrogen-bond donors (Lipinski definition) is 1. The van der Waals surface area contributed by atoms with E-state index in [4.69, 9.17) is 9.63 Å². The first-order valence-electron chi connectivity index (χ1n) is 5.66. The number of nitrogens with zero attached hydrogens (tertiary/aromatic N) is 1. The molecule has 0 spiro atoms. The zero-order valence-corrected chi connectivity index (χ0v) is 10.2. The Kier molecular flexibility index (Phi) is 3.50. The number of carboxylic acid groups (broad SMARTS) is 1. The Balaban J connectivity index is 2.25. The smallest absolute Gasteiger partial charge is 0.372 e. The standard InChI is InChI=1S/C13H12FNO4/c1-15-10(11(12(16)17)13(18)19-15)6-5-8-3-2-4-9(14)7-8/h2-4,7H,5-6H2,1H3,(H,16,17). The fourth-order valence-electron chi connectivity index (χ4n) is 1.95. The van der Waals surface area contributed by atoms with E-state index in [0.717, 1.165) is 10.3 Å². The lowest BCUT2D eigenvalue weighted by atomic mass is 10.1. The molecule has 1 aromatic carbocycles. The second-order valence-corrected chi connectivity index (χ2v) is 4.13. The van der Waals surface area contributed by atoms with Gasteiger partial charge in [0.2, 0.25) is 0 Å². The van der Waals surface area contributed by atoms with Gasteiger partial charge in [-0.3, -0.25) is 0 Å². The molecule has 1 heterocycles. The van der Waals surface area contributed by atoms with E-state index in [2.05, 4.69) is 0 Å². The second-order valence-electron chi connectivity index (χ2n) is 4.13. The van der Waals surface area contributed by atoms with Gasteiger partial charge in [0.1, 0.15) is 5.82 Å². The van der Waals surface area contributed by atoms with Crippen molar-refractivity contribution in [2.75, 3.05) is 0 Å². The average Bonchev–Trinajstić information content (AvgIpc) is 2.61. The van der Waals surface area contributed by atoms with Crippen molar-refractivity contribution in [3.8, 4) is 0 Å². The fraction of sp³-hybridized carbons (Fsp3) is 0.231. The molecule has 0 radical (unpaired) electrons. The highest BCUT2D eigenvalue weighted by molar-refractivity contribution is 5.88. The molecule has 19 heavy (non-hydrogen) atoms. The number of aryl methyl sites for hydroxylation is 2. The van der Waals surface area contributed by atoms with Gasteiger partial charge < -0.3 is 9.63 Å². The molecule has 1 N–H and O–H groups in total. The minimum atomic E-state index is -1.32. The minimum absolute atomic E-state index is 0.285. The van der Waals surface area contributed by atoms with Crippen LogP contribution in [0.15, 0.2) is 33.6 Å². The number of halogens is 1. The molecule has 0 atom stereocenters. The van der Waals surface area contributed by atoms with Gasteiger partial charge >= 0.3 is 11.6 Å². The number of aromatic nitrogens is 1. The third kappa shape index (κ3) is 2.73. The highest BCUT2D eigenvalue weighted by atomic mass is 19.1. The van der Waals surface area contributed by atoms with Crippen LogP contribution in [0.5, 0.6) is 0 Å². The topological polar surface area (TPSA) is 72.4 Å². The van der Waals surface area contributed by atoms with Gasteiger partial charge in [0.15, 0.2) is 5.56 Å². The van der Waals surface area contributed by atoms with Crippen molar-refractivity contribution in [2.24, 2.45) is 7.05 Å². The molecule has 0 aliphatic carbocycles. The molecule has 100 valence electrons. The van der Waals surface area contributed by atoms with Crippen LogP contribution in [0.3, 0.4) is 0 Å². The molecule has 0 fully saturated rings. The Bertz CT molecular complexity index is 672. The Hall–Kier alpha value is -2.37. The van der Waals surface area contributed by atoms with Crippen LogP contribution < -0.4 is 5.63 Å². The molecule has 2 rings (SSSR count). The summed E-state index contributed by atoms with van der Waals surface area (Å²) in [6.45, 7) is 0. The molecular weight excluding hydrogens is 253 g/mol. The van der Waals surface area contributed by atoms with E-state index in [1.165, 1.54) is 19.2 Å². The third-order valence-electron chi connectivity index (χ3n) is 2.85. The lowest BCUT2D eigenvalue weighted by Gasteiger charge is -2.03. The summed E-state index contributed by atoms with van der Waals surface area (Å²) in [5, 5.41) is 8.97. The van der Waals surface area contributed by atoms with Gasteiger partial charge in [0.25, 0.3) is 0 Å². The van der Waals surface area contributed by atoms with Gasteiger partial charge in [-0.05, 0) is 30.5 Å². The van der Waals surface area contributed by atoms with E-state index in [0.29, 0.717) is 12.1 Å². The van der Waals surface area contributed by atoms with E-state index < -0.39 is 11.6 Å². The molecule has 0 amide bonds. The fourth-order valence-corrected chi connectivity index (χ4v) is 1.95. The molecule has 6 heteroatoms. The molecule has 0 aliphatic heterocycles. The minimum Gasteiger partial charge on any atom is -0.477 e. The van der Waals surface area contributed by atoms with Gasteiger partial charge in [-0.1, -0.05) is 12.1 Å². The average molecular weight is 265 g/mol. The Labute approximate surface area is 107 Å². The quantitative estimate of drug-likeness (QED) is 0.911. The van der Waals surface area contributed by atoms with Gasteiger partial charge in [-0.2, -0.15) is 0 Å². The maximum atomic E-state index is 13.0. The number of carboxylic acids is 1. The van der Waals surface area contributed by atoms with E-state index in [-0.39, 0.29) is 17.8 Å². The molecule has 2 aromatic rings. The van der Waals surface area contributed by atoms with Crippen molar-refractivity contribution < 1.29 is 18.8 Å².